The molecule has 2 bridgehead atoms. The van der Waals surface area contributed by atoms with Crippen LogP contribution >= 0.6 is 7.60 Å². The molecule has 3 unspecified atom stereocenters. The molecule has 16 nitrogen and oxygen atoms in total. The number of unbranched alkanes of at least 4 members (excludes halogenated alkanes) is 1. The first-order valence-electron chi connectivity index (χ1n) is 26.9. The Kier molecular flexibility index (Phi) is 25.1. The average molecular weight is 1050 g/mol. The standard InChI is InChI=1S/C56H90NO15P/c1-13-14-28-69-73(12,65)72-46-26-24-42(32-49(46)67-10)31-38(5)48-34-45(58)37(4)30-40(7)51(60)52(68-11)50(59)39(6)29-35(2)20-16-15-17-21-36(3)47(66-9)33-43-25-23-41(8)56(64,71-43)53(61)54(62)57-27-19-18-22-44(57)55(63)70-48/h15-17,20-21,30,35,37-39,41-44,46-49,51-52,60,64H,13-14,18-19,22-29,31-34H2,1-12H3/b17-15+,20-16+,36-21+,40-30+/t35-,37-,38-,39-,41-,42+,43+,44?,46-,47+,48+,49-,51-,52+,56?,73?/m1/s1. The molecule has 0 radical (unpaired) electrons. The van der Waals surface area contributed by atoms with Crippen LogP contribution in [0.3, 0.4) is 0 Å². The van der Waals surface area contributed by atoms with Gasteiger partial charge >= 0.3 is 13.6 Å². The summed E-state index contributed by atoms with van der Waals surface area (Å²) in [7, 11) is 1.19. The van der Waals surface area contributed by atoms with Crippen LogP contribution in [0.25, 0.3) is 0 Å². The van der Waals surface area contributed by atoms with Crippen LogP contribution in [0.15, 0.2) is 47.6 Å². The number of carbonyl (C=O) groups excluding carboxylic acids is 5. The van der Waals surface area contributed by atoms with E-state index < -0.39 is 103 Å². The Hall–Kier alpha value is -3.18. The van der Waals surface area contributed by atoms with Crippen LogP contribution in [0.2, 0.25) is 0 Å². The molecule has 3 aliphatic heterocycles. The summed E-state index contributed by atoms with van der Waals surface area (Å²) < 4.78 is 54.7. The van der Waals surface area contributed by atoms with Crippen molar-refractivity contribution in [2.75, 3.05) is 41.1 Å². The minimum Gasteiger partial charge on any atom is -0.460 e. The number of ketones is 3. The number of rotatable bonds is 12. The number of carbonyl (C=O) groups is 5. The molecule has 0 aromatic carbocycles. The van der Waals surface area contributed by atoms with E-state index >= 15 is 0 Å². The van der Waals surface area contributed by atoms with Gasteiger partial charge in [0.2, 0.25) is 5.79 Å². The third kappa shape index (κ3) is 17.7. The highest BCUT2D eigenvalue weighted by Gasteiger charge is 2.53. The fourth-order valence-corrected chi connectivity index (χ4v) is 12.1. The van der Waals surface area contributed by atoms with Crippen molar-refractivity contribution in [3.63, 3.8) is 0 Å². The van der Waals surface area contributed by atoms with Crippen molar-refractivity contribution in [3.05, 3.63) is 47.6 Å². The summed E-state index contributed by atoms with van der Waals surface area (Å²) in [6.45, 7) is 16.5. The minimum atomic E-state index is -3.35. The van der Waals surface area contributed by atoms with Crippen LogP contribution in [-0.4, -0.2) is 140 Å². The summed E-state index contributed by atoms with van der Waals surface area (Å²) in [6.07, 6.45) is 12.5. The first-order chi connectivity index (χ1) is 34.5. The number of esters is 1. The molecule has 2 N–H and O–H groups in total. The van der Waals surface area contributed by atoms with Crippen molar-refractivity contribution < 1.29 is 71.5 Å². The molecular weight excluding hydrogens is 958 g/mol. The van der Waals surface area contributed by atoms with Gasteiger partial charge in [-0.1, -0.05) is 84.4 Å². The van der Waals surface area contributed by atoms with Gasteiger partial charge in [-0.05, 0) is 113 Å². The van der Waals surface area contributed by atoms with E-state index in [1.54, 1.807) is 41.1 Å². The number of methoxy groups -OCH3 is 3. The number of nitrogens with zero attached hydrogens (tertiary/aromatic N) is 1. The number of ether oxygens (including phenoxy) is 5. The Morgan fingerprint density at radius 2 is 1.60 bits per heavy atom. The first kappa shape index (κ1) is 62.4. The molecule has 17 heteroatoms. The lowest BCUT2D eigenvalue weighted by molar-refractivity contribution is -0.265. The lowest BCUT2D eigenvalue weighted by Crippen LogP contribution is -2.61. The third-order valence-corrected chi connectivity index (χ3v) is 16.9. The molecule has 1 saturated carbocycles. The first-order valence-corrected chi connectivity index (χ1v) is 28.9. The zero-order valence-electron chi connectivity index (χ0n) is 46.0. The zero-order chi connectivity index (χ0) is 54.2. The van der Waals surface area contributed by atoms with Gasteiger partial charge in [0.1, 0.15) is 30.1 Å². The Balaban J connectivity index is 1.68. The van der Waals surface area contributed by atoms with E-state index in [1.807, 2.05) is 65.0 Å². The van der Waals surface area contributed by atoms with Gasteiger partial charge in [-0.15, -0.1) is 0 Å². The lowest BCUT2D eigenvalue weighted by Gasteiger charge is -2.42. The summed E-state index contributed by atoms with van der Waals surface area (Å²) in [4.78, 5) is 72.5. The fraction of sp³-hybridized carbons (Fsp3) is 0.768. The molecule has 73 heavy (non-hydrogen) atoms. The molecule has 1 amide bonds. The van der Waals surface area contributed by atoms with E-state index in [9.17, 15) is 38.8 Å². The van der Waals surface area contributed by atoms with Crippen LogP contribution < -0.4 is 0 Å². The molecule has 2 saturated heterocycles. The van der Waals surface area contributed by atoms with Crippen LogP contribution in [0.5, 0.6) is 0 Å². The van der Waals surface area contributed by atoms with Gasteiger partial charge in [0.05, 0.1) is 31.0 Å². The minimum absolute atomic E-state index is 0.00627. The molecule has 3 heterocycles. The summed E-state index contributed by atoms with van der Waals surface area (Å²) in [6, 6.07) is -1.17. The van der Waals surface area contributed by atoms with Gasteiger partial charge in [-0.2, -0.15) is 0 Å². The van der Waals surface area contributed by atoms with Gasteiger partial charge in [0.25, 0.3) is 11.7 Å². The monoisotopic (exact) mass is 1050 g/mol. The number of hydrogen-bond acceptors (Lipinski definition) is 15. The maximum absolute atomic E-state index is 14.6. The number of amides is 1. The van der Waals surface area contributed by atoms with Crippen molar-refractivity contribution >= 4 is 36.8 Å². The molecule has 414 valence electrons. The summed E-state index contributed by atoms with van der Waals surface area (Å²) in [5.41, 5.74) is 1.25. The topological polar surface area (TPSA) is 211 Å². The van der Waals surface area contributed by atoms with Gasteiger partial charge in [0, 0.05) is 65.1 Å². The van der Waals surface area contributed by atoms with Gasteiger partial charge < -0.3 is 47.8 Å². The number of allylic oxidation sites excluding steroid dienone is 6. The number of Topliss-reactive ketones (excluding diaryl/α,β-unsaturated/α-hetero) is 3. The van der Waals surface area contributed by atoms with Crippen molar-refractivity contribution in [3.8, 4) is 0 Å². The van der Waals surface area contributed by atoms with Crippen LogP contribution in [-0.2, 0) is 61.3 Å². The molecule has 1 aliphatic carbocycles. The summed E-state index contributed by atoms with van der Waals surface area (Å²) in [5.74, 6) is -8.25. The molecule has 4 rings (SSSR count). The predicted molar refractivity (Wildman–Crippen MR) is 278 cm³/mol. The highest BCUT2D eigenvalue weighted by Crippen LogP contribution is 2.49. The molecule has 16 atom stereocenters. The van der Waals surface area contributed by atoms with Gasteiger partial charge in [0.15, 0.2) is 5.78 Å². The van der Waals surface area contributed by atoms with Crippen LogP contribution in [0.1, 0.15) is 145 Å². The highest BCUT2D eigenvalue weighted by molar-refractivity contribution is 7.53. The van der Waals surface area contributed by atoms with Crippen LogP contribution in [0.4, 0.5) is 0 Å². The molecule has 3 fully saturated rings. The Morgan fingerprint density at radius 3 is 2.27 bits per heavy atom. The van der Waals surface area contributed by atoms with E-state index in [0.29, 0.717) is 76.4 Å². The summed E-state index contributed by atoms with van der Waals surface area (Å²) >= 11 is 0. The second kappa shape index (κ2) is 29.4. The zero-order valence-corrected chi connectivity index (χ0v) is 46.9. The van der Waals surface area contributed by atoms with Crippen LogP contribution in [0, 0.1) is 35.5 Å². The second-order valence-corrected chi connectivity index (χ2v) is 23.6. The Morgan fingerprint density at radius 1 is 0.877 bits per heavy atom. The molecule has 4 aliphatic rings. The Bertz CT molecular complexity index is 2020. The van der Waals surface area contributed by atoms with E-state index in [4.69, 9.17) is 32.7 Å². The molecule has 0 spiro atoms. The quantitative estimate of drug-likeness (QED) is 0.0615. The van der Waals surface area contributed by atoms with Crippen molar-refractivity contribution in [2.45, 2.75) is 200 Å². The van der Waals surface area contributed by atoms with Crippen molar-refractivity contribution in [1.82, 2.24) is 4.90 Å². The van der Waals surface area contributed by atoms with Gasteiger partial charge in [-0.25, -0.2) is 4.79 Å². The van der Waals surface area contributed by atoms with E-state index in [1.165, 1.54) is 18.7 Å². The largest absolute Gasteiger partial charge is 0.460 e. The maximum atomic E-state index is 14.6. The SMILES string of the molecule is CCCCOP(C)(=O)O[C@@H]1CC[C@@H](C[C@@H](C)[C@@H]2CC(=O)[C@H](C)/C=C(\C)[C@@H](O)[C@@H](OC)C(=O)[C@H](C)C[C@H](C)/C=C/C=C/C=C(\C)[C@@H](OC)C[C@@H]3CC[C@@H](C)C(O)(O3)C(=O)C(=O)N3CCCCC3C(=O)O2)C[C@H]1OC. The second-order valence-electron chi connectivity index (χ2n) is 21.6. The third-order valence-electron chi connectivity index (χ3n) is 15.6. The summed E-state index contributed by atoms with van der Waals surface area (Å²) in [5, 5.41) is 23.5. The molecule has 0 aromatic heterocycles. The normalized spacial score (nSPS) is 38.2. The van der Waals surface area contributed by atoms with E-state index in [-0.39, 0.29) is 42.8 Å². The Labute approximate surface area is 435 Å². The lowest BCUT2D eigenvalue weighted by atomic mass is 9.78. The number of fused-ring (bicyclic) bond motifs is 3. The maximum Gasteiger partial charge on any atom is 0.329 e. The number of aliphatic hydroxyl groups excluding tert-OH is 1. The molecular formula is C56H90NO15P. The van der Waals surface area contributed by atoms with E-state index in [0.717, 1.165) is 18.4 Å². The number of cyclic esters (lactones) is 1. The van der Waals surface area contributed by atoms with E-state index in [2.05, 4.69) is 0 Å². The fourth-order valence-electron chi connectivity index (χ4n) is 10.9. The number of hydrogen-bond donors (Lipinski definition) is 2. The predicted octanol–water partition coefficient (Wildman–Crippen LogP) is 8.84. The average Bonchev–Trinajstić information content (AvgIpc) is 3.35. The molecule has 0 aromatic rings. The van der Waals surface area contributed by atoms with Crippen molar-refractivity contribution in [1.29, 1.82) is 0 Å². The van der Waals surface area contributed by atoms with Crippen molar-refractivity contribution in [2.24, 2.45) is 35.5 Å². The smallest absolute Gasteiger partial charge is 0.329 e. The number of aliphatic hydroxyl groups is 2. The highest BCUT2D eigenvalue weighted by atomic mass is 31.2. The number of piperidine rings is 1. The van der Waals surface area contributed by atoms with Gasteiger partial charge in [-0.3, -0.25) is 23.7 Å².